The molecule has 0 aliphatic heterocycles. The third-order valence-electron chi connectivity index (χ3n) is 3.56. The Labute approximate surface area is 118 Å². The second-order valence-electron chi connectivity index (χ2n) is 5.56. The summed E-state index contributed by atoms with van der Waals surface area (Å²) in [6.45, 7) is 11.9. The quantitative estimate of drug-likeness (QED) is 0.742. The number of hydrogen-bond donors (Lipinski definition) is 1. The van der Waals surface area contributed by atoms with Gasteiger partial charge in [0.1, 0.15) is 5.75 Å². The molecule has 0 aromatic heterocycles. The van der Waals surface area contributed by atoms with E-state index in [4.69, 9.17) is 4.74 Å². The highest BCUT2D eigenvalue weighted by Crippen LogP contribution is 2.20. The van der Waals surface area contributed by atoms with Crippen molar-refractivity contribution in [1.82, 2.24) is 5.32 Å². The van der Waals surface area contributed by atoms with E-state index in [0.717, 1.165) is 18.8 Å². The van der Waals surface area contributed by atoms with Crippen LogP contribution in [0.4, 0.5) is 0 Å². The van der Waals surface area contributed by atoms with Gasteiger partial charge in [-0.05, 0) is 43.4 Å². The molecule has 1 aromatic rings. The summed E-state index contributed by atoms with van der Waals surface area (Å²) in [5.41, 5.74) is 1.32. The van der Waals surface area contributed by atoms with E-state index in [-0.39, 0.29) is 0 Å². The van der Waals surface area contributed by atoms with Crippen LogP contribution >= 0.6 is 0 Å². The number of benzene rings is 1. The average molecular weight is 263 g/mol. The number of nitrogens with one attached hydrogen (secondary N) is 1. The molecule has 0 fully saturated rings. The summed E-state index contributed by atoms with van der Waals surface area (Å²) in [5, 5.41) is 3.70. The summed E-state index contributed by atoms with van der Waals surface area (Å²) in [5.74, 6) is 1.63. The molecule has 0 bridgehead atoms. The van der Waals surface area contributed by atoms with E-state index in [9.17, 15) is 0 Å². The second kappa shape index (κ2) is 8.21. The van der Waals surface area contributed by atoms with Crippen molar-refractivity contribution in [1.29, 1.82) is 0 Å². The molecule has 0 saturated heterocycles. The molecule has 1 rings (SSSR count). The van der Waals surface area contributed by atoms with Gasteiger partial charge in [-0.15, -0.1) is 0 Å². The summed E-state index contributed by atoms with van der Waals surface area (Å²) in [6.07, 6.45) is 2.21. The number of rotatable bonds is 8. The van der Waals surface area contributed by atoms with E-state index in [1.807, 2.05) is 0 Å². The van der Waals surface area contributed by atoms with Crippen LogP contribution in [0.25, 0.3) is 0 Å². The topological polar surface area (TPSA) is 21.3 Å². The Morgan fingerprint density at radius 1 is 1.05 bits per heavy atom. The SMILES string of the molecule is CCCOc1ccc(C(C)NC(CC)C(C)C)cc1. The Morgan fingerprint density at radius 2 is 1.68 bits per heavy atom. The molecule has 0 saturated carbocycles. The molecule has 1 N–H and O–H groups in total. The Kier molecular flexibility index (Phi) is 6.93. The van der Waals surface area contributed by atoms with Gasteiger partial charge in [0.05, 0.1) is 6.61 Å². The van der Waals surface area contributed by atoms with Gasteiger partial charge >= 0.3 is 0 Å². The third-order valence-corrected chi connectivity index (χ3v) is 3.56. The van der Waals surface area contributed by atoms with Gasteiger partial charge in [-0.25, -0.2) is 0 Å². The first-order valence-electron chi connectivity index (χ1n) is 7.57. The fourth-order valence-corrected chi connectivity index (χ4v) is 2.27. The van der Waals surface area contributed by atoms with Crippen molar-refractivity contribution in [3.63, 3.8) is 0 Å². The molecule has 108 valence electrons. The number of hydrogen-bond acceptors (Lipinski definition) is 2. The van der Waals surface area contributed by atoms with Gasteiger partial charge < -0.3 is 10.1 Å². The molecule has 0 spiro atoms. The number of ether oxygens (including phenoxy) is 1. The monoisotopic (exact) mass is 263 g/mol. The smallest absolute Gasteiger partial charge is 0.119 e. The molecule has 0 amide bonds. The van der Waals surface area contributed by atoms with Crippen LogP contribution in [-0.2, 0) is 0 Å². The summed E-state index contributed by atoms with van der Waals surface area (Å²) in [6, 6.07) is 9.42. The van der Waals surface area contributed by atoms with Gasteiger partial charge in [-0.2, -0.15) is 0 Å². The minimum atomic E-state index is 0.382. The molecule has 0 heterocycles. The first-order valence-corrected chi connectivity index (χ1v) is 7.57. The maximum absolute atomic E-state index is 5.61. The summed E-state index contributed by atoms with van der Waals surface area (Å²) in [7, 11) is 0. The lowest BCUT2D eigenvalue weighted by atomic mass is 9.99. The van der Waals surface area contributed by atoms with Crippen molar-refractivity contribution in [2.45, 2.75) is 59.5 Å². The Balaban J connectivity index is 2.59. The molecule has 2 unspecified atom stereocenters. The van der Waals surface area contributed by atoms with Gasteiger partial charge in [0, 0.05) is 12.1 Å². The Morgan fingerprint density at radius 3 is 2.16 bits per heavy atom. The molecular formula is C17H29NO. The molecule has 2 heteroatoms. The minimum absolute atomic E-state index is 0.382. The summed E-state index contributed by atoms with van der Waals surface area (Å²) < 4.78 is 5.61. The van der Waals surface area contributed by atoms with E-state index in [1.165, 1.54) is 12.0 Å². The third kappa shape index (κ3) is 5.23. The van der Waals surface area contributed by atoms with Crippen LogP contribution in [0.15, 0.2) is 24.3 Å². The zero-order chi connectivity index (χ0) is 14.3. The van der Waals surface area contributed by atoms with E-state index in [0.29, 0.717) is 18.0 Å². The van der Waals surface area contributed by atoms with Gasteiger partial charge in [0.2, 0.25) is 0 Å². The second-order valence-corrected chi connectivity index (χ2v) is 5.56. The highest BCUT2D eigenvalue weighted by atomic mass is 16.5. The summed E-state index contributed by atoms with van der Waals surface area (Å²) >= 11 is 0. The molecule has 0 radical (unpaired) electrons. The van der Waals surface area contributed by atoms with E-state index in [2.05, 4.69) is 64.2 Å². The predicted molar refractivity (Wildman–Crippen MR) is 82.7 cm³/mol. The average Bonchev–Trinajstić information content (AvgIpc) is 2.42. The van der Waals surface area contributed by atoms with Crippen molar-refractivity contribution in [3.8, 4) is 5.75 Å². The molecule has 2 nitrogen and oxygen atoms in total. The fourth-order valence-electron chi connectivity index (χ4n) is 2.27. The lowest BCUT2D eigenvalue weighted by Crippen LogP contribution is -2.35. The van der Waals surface area contributed by atoms with Crippen molar-refractivity contribution in [2.75, 3.05) is 6.61 Å². The first kappa shape index (κ1) is 16.0. The first-order chi connectivity index (χ1) is 9.08. The van der Waals surface area contributed by atoms with Crippen molar-refractivity contribution in [3.05, 3.63) is 29.8 Å². The van der Waals surface area contributed by atoms with E-state index < -0.39 is 0 Å². The molecular weight excluding hydrogens is 234 g/mol. The van der Waals surface area contributed by atoms with Crippen molar-refractivity contribution in [2.24, 2.45) is 5.92 Å². The van der Waals surface area contributed by atoms with Crippen LogP contribution in [0.3, 0.4) is 0 Å². The molecule has 2 atom stereocenters. The largest absolute Gasteiger partial charge is 0.494 e. The zero-order valence-electron chi connectivity index (χ0n) is 13.1. The van der Waals surface area contributed by atoms with Crippen LogP contribution in [-0.4, -0.2) is 12.6 Å². The molecule has 0 aliphatic carbocycles. The molecule has 19 heavy (non-hydrogen) atoms. The van der Waals surface area contributed by atoms with Gasteiger partial charge in [-0.1, -0.05) is 39.8 Å². The van der Waals surface area contributed by atoms with Crippen LogP contribution in [0.2, 0.25) is 0 Å². The fraction of sp³-hybridized carbons (Fsp3) is 0.647. The summed E-state index contributed by atoms with van der Waals surface area (Å²) in [4.78, 5) is 0. The molecule has 0 aliphatic rings. The van der Waals surface area contributed by atoms with Crippen LogP contribution in [0, 0.1) is 5.92 Å². The van der Waals surface area contributed by atoms with E-state index >= 15 is 0 Å². The lowest BCUT2D eigenvalue weighted by Gasteiger charge is -2.25. The van der Waals surface area contributed by atoms with Crippen LogP contribution in [0.5, 0.6) is 5.75 Å². The maximum atomic E-state index is 5.61. The Hall–Kier alpha value is -1.02. The minimum Gasteiger partial charge on any atom is -0.494 e. The highest BCUT2D eigenvalue weighted by molar-refractivity contribution is 5.29. The zero-order valence-corrected chi connectivity index (χ0v) is 13.1. The lowest BCUT2D eigenvalue weighted by molar-refractivity contribution is 0.317. The van der Waals surface area contributed by atoms with Crippen LogP contribution < -0.4 is 10.1 Å². The molecule has 1 aromatic carbocycles. The van der Waals surface area contributed by atoms with Gasteiger partial charge in [0.25, 0.3) is 0 Å². The Bertz CT molecular complexity index is 345. The highest BCUT2D eigenvalue weighted by Gasteiger charge is 2.14. The van der Waals surface area contributed by atoms with Gasteiger partial charge in [0.15, 0.2) is 0 Å². The van der Waals surface area contributed by atoms with Gasteiger partial charge in [-0.3, -0.25) is 0 Å². The van der Waals surface area contributed by atoms with Crippen molar-refractivity contribution < 1.29 is 4.74 Å². The predicted octanol–water partition coefficient (Wildman–Crippen LogP) is 4.56. The van der Waals surface area contributed by atoms with Crippen LogP contribution in [0.1, 0.15) is 59.1 Å². The maximum Gasteiger partial charge on any atom is 0.119 e. The normalized spacial score (nSPS) is 14.4. The van der Waals surface area contributed by atoms with Crippen molar-refractivity contribution >= 4 is 0 Å². The standard InChI is InChI=1S/C17H29NO/c1-6-12-19-16-10-8-15(9-11-16)14(5)18-17(7-2)13(3)4/h8-11,13-14,17-18H,6-7,12H2,1-5H3. The van der Waals surface area contributed by atoms with E-state index in [1.54, 1.807) is 0 Å².